The van der Waals surface area contributed by atoms with Gasteiger partial charge in [0.1, 0.15) is 11.3 Å². The third kappa shape index (κ3) is 6.29. The number of hydrogen-bond donors (Lipinski definition) is 2. The molecule has 264 valence electrons. The molecule has 0 radical (unpaired) electrons. The van der Waals surface area contributed by atoms with E-state index in [-0.39, 0.29) is 41.9 Å². The van der Waals surface area contributed by atoms with E-state index < -0.39 is 5.92 Å². The van der Waals surface area contributed by atoms with Gasteiger partial charge in [-0.25, -0.2) is 9.97 Å². The minimum absolute atomic E-state index is 0.00594. The molecule has 1 aromatic carbocycles. The normalized spacial score (nSPS) is 15.5. The van der Waals surface area contributed by atoms with Crippen molar-refractivity contribution in [1.29, 1.82) is 0 Å². The van der Waals surface area contributed by atoms with Crippen LogP contribution in [0.15, 0.2) is 70.3 Å². The van der Waals surface area contributed by atoms with Crippen LogP contribution in [-0.4, -0.2) is 55.3 Å². The van der Waals surface area contributed by atoms with Crippen molar-refractivity contribution < 1.29 is 18.8 Å². The van der Waals surface area contributed by atoms with Crippen LogP contribution in [0.3, 0.4) is 0 Å². The largest absolute Gasteiger partial charge is 0.448 e. The lowest BCUT2D eigenvalue weighted by atomic mass is 9.92. The topological polar surface area (TPSA) is 165 Å². The van der Waals surface area contributed by atoms with Crippen molar-refractivity contribution in [3.8, 4) is 23.2 Å². The molecular weight excluding hydrogens is 672 g/mol. The van der Waals surface area contributed by atoms with Crippen molar-refractivity contribution in [3.63, 3.8) is 0 Å². The number of benzene rings is 1. The van der Waals surface area contributed by atoms with Gasteiger partial charge >= 0.3 is 0 Å². The summed E-state index contributed by atoms with van der Waals surface area (Å²) in [6.45, 7) is 4.72. The number of pyridine rings is 3. The van der Waals surface area contributed by atoms with Crippen molar-refractivity contribution in [2.75, 3.05) is 18.0 Å². The van der Waals surface area contributed by atoms with Gasteiger partial charge in [-0.2, -0.15) is 0 Å². The number of hydrogen-bond acceptors (Lipinski definition) is 10. The van der Waals surface area contributed by atoms with Gasteiger partial charge in [-0.15, -0.1) is 0 Å². The first-order chi connectivity index (χ1) is 25.6. The molecule has 0 spiro atoms. The maximum atomic E-state index is 12.9. The van der Waals surface area contributed by atoms with E-state index in [0.717, 1.165) is 52.9 Å². The first-order valence-electron chi connectivity index (χ1n) is 17.3. The fourth-order valence-electron chi connectivity index (χ4n) is 7.08. The first-order valence-corrected chi connectivity index (χ1v) is 17.3. The minimum atomic E-state index is -0.550. The summed E-state index contributed by atoms with van der Waals surface area (Å²) in [7, 11) is 1.81. The van der Waals surface area contributed by atoms with Gasteiger partial charge < -0.3 is 19.2 Å². The van der Waals surface area contributed by atoms with E-state index in [1.165, 1.54) is 0 Å². The molecule has 1 atom stereocenters. The second-order valence-electron chi connectivity index (χ2n) is 13.3. The predicted octanol–water partition coefficient (Wildman–Crippen LogP) is 4.53. The third-order valence-electron chi connectivity index (χ3n) is 9.72. The molecule has 5 aromatic heterocycles. The summed E-state index contributed by atoms with van der Waals surface area (Å²) in [4.78, 5) is 70.2. The zero-order chi connectivity index (χ0) is 36.8. The summed E-state index contributed by atoms with van der Waals surface area (Å²) in [6, 6.07) is 13.0. The Balaban J connectivity index is 0.950. The van der Waals surface area contributed by atoms with E-state index >= 15 is 0 Å². The Morgan fingerprint density at radius 3 is 2.68 bits per heavy atom. The lowest BCUT2D eigenvalue weighted by Gasteiger charge is -2.32. The molecule has 2 aliphatic rings. The molecule has 13 heteroatoms. The van der Waals surface area contributed by atoms with Crippen LogP contribution in [0.5, 0.6) is 0 Å². The zero-order valence-corrected chi connectivity index (χ0v) is 29.3. The van der Waals surface area contributed by atoms with E-state index in [2.05, 4.69) is 43.4 Å². The highest BCUT2D eigenvalue weighted by Gasteiger charge is 2.31. The number of nitrogens with zero attached hydrogens (tertiary/aromatic N) is 6. The van der Waals surface area contributed by atoms with E-state index in [4.69, 9.17) is 14.4 Å². The number of rotatable bonds is 5. The van der Waals surface area contributed by atoms with E-state index in [0.29, 0.717) is 45.8 Å². The number of aromatic nitrogens is 5. The van der Waals surface area contributed by atoms with Gasteiger partial charge in [0.2, 0.25) is 11.8 Å². The minimum Gasteiger partial charge on any atom is -0.448 e. The van der Waals surface area contributed by atoms with Crippen LogP contribution in [-0.2, 0) is 23.1 Å². The monoisotopic (exact) mass is 706 g/mol. The standard InChI is InChI=1S/C40H34N8O5/c1-22-16-31-27(18-23(2)40(52)47(31)3)32(17-22)48-15-5-7-29-33(48)21-44-37(45-29)24-8-10-30(43-20-24)39(51)42-13-4-6-25-19-28-34(53-25)12-14-41-36(28)26-9-11-35(49)46-38(26)50/h8,10,12,14,16-21,26H,5,7,9,11,13,15H2,1-3H3,(H,42,51)(H,46,49,50). The zero-order valence-electron chi connectivity index (χ0n) is 29.3. The lowest BCUT2D eigenvalue weighted by Crippen LogP contribution is -2.39. The highest BCUT2D eigenvalue weighted by molar-refractivity contribution is 6.02. The van der Waals surface area contributed by atoms with Crippen molar-refractivity contribution in [2.24, 2.45) is 7.05 Å². The van der Waals surface area contributed by atoms with Crippen LogP contribution in [0, 0.1) is 25.7 Å². The molecule has 2 aliphatic heterocycles. The second-order valence-corrected chi connectivity index (χ2v) is 13.3. The summed E-state index contributed by atoms with van der Waals surface area (Å²) in [5, 5.41) is 6.78. The Morgan fingerprint density at radius 2 is 1.87 bits per heavy atom. The molecule has 2 N–H and O–H groups in total. The number of fused-ring (bicyclic) bond motifs is 3. The number of nitrogens with one attached hydrogen (secondary N) is 2. The quantitative estimate of drug-likeness (QED) is 0.192. The van der Waals surface area contributed by atoms with Gasteiger partial charge in [0.15, 0.2) is 11.6 Å². The Kier molecular flexibility index (Phi) is 8.50. The van der Waals surface area contributed by atoms with Gasteiger partial charge in [0, 0.05) is 60.4 Å². The van der Waals surface area contributed by atoms with E-state index in [1.54, 1.807) is 41.2 Å². The number of aryl methyl sites for hydroxylation is 4. The number of imide groups is 1. The second kappa shape index (κ2) is 13.5. The number of anilines is 2. The Hall–Kier alpha value is -6.68. The van der Waals surface area contributed by atoms with Crippen LogP contribution >= 0.6 is 0 Å². The molecule has 6 aromatic rings. The average Bonchev–Trinajstić information content (AvgIpc) is 3.59. The predicted molar refractivity (Wildman–Crippen MR) is 198 cm³/mol. The fraction of sp³-hybridized carbons (Fsp3) is 0.250. The molecular formula is C40H34N8O5. The van der Waals surface area contributed by atoms with Crippen molar-refractivity contribution in [3.05, 3.63) is 105 Å². The number of piperidine rings is 1. The Bertz CT molecular complexity index is 2610. The molecule has 0 aliphatic carbocycles. The molecule has 3 amide bonds. The lowest BCUT2D eigenvalue weighted by molar-refractivity contribution is -0.134. The summed E-state index contributed by atoms with van der Waals surface area (Å²) >= 11 is 0. The molecule has 7 heterocycles. The van der Waals surface area contributed by atoms with Gasteiger partial charge in [0.25, 0.3) is 11.5 Å². The van der Waals surface area contributed by atoms with Crippen LogP contribution < -0.4 is 21.1 Å². The van der Waals surface area contributed by atoms with Crippen LogP contribution in [0.25, 0.3) is 33.3 Å². The molecule has 1 saturated heterocycles. The number of amides is 3. The van der Waals surface area contributed by atoms with E-state index in [9.17, 15) is 19.2 Å². The average molecular weight is 707 g/mol. The van der Waals surface area contributed by atoms with Gasteiger partial charge in [-0.1, -0.05) is 5.92 Å². The maximum absolute atomic E-state index is 12.9. The molecule has 1 unspecified atom stereocenters. The van der Waals surface area contributed by atoms with Crippen molar-refractivity contribution in [1.82, 2.24) is 35.1 Å². The van der Waals surface area contributed by atoms with Crippen molar-refractivity contribution in [2.45, 2.75) is 45.4 Å². The van der Waals surface area contributed by atoms with Crippen LogP contribution in [0.4, 0.5) is 11.4 Å². The van der Waals surface area contributed by atoms with Gasteiger partial charge in [-0.05, 0) is 81.0 Å². The molecule has 53 heavy (non-hydrogen) atoms. The molecule has 0 saturated carbocycles. The highest BCUT2D eigenvalue weighted by Crippen LogP contribution is 2.38. The molecule has 8 rings (SSSR count). The number of furan rings is 1. The summed E-state index contributed by atoms with van der Waals surface area (Å²) in [5.41, 5.74) is 7.47. The first kappa shape index (κ1) is 33.5. The summed E-state index contributed by atoms with van der Waals surface area (Å²) in [5.74, 6) is 5.08. The number of carbonyl (C=O) groups excluding carboxylic acids is 3. The smallest absolute Gasteiger partial charge is 0.270 e. The molecule has 1 fully saturated rings. The molecule has 0 bridgehead atoms. The fourth-order valence-corrected chi connectivity index (χ4v) is 7.08. The third-order valence-corrected chi connectivity index (χ3v) is 9.72. The van der Waals surface area contributed by atoms with Crippen LogP contribution in [0.1, 0.15) is 63.9 Å². The maximum Gasteiger partial charge on any atom is 0.270 e. The highest BCUT2D eigenvalue weighted by atomic mass is 16.3. The van der Waals surface area contributed by atoms with Gasteiger partial charge in [0.05, 0.1) is 46.9 Å². The van der Waals surface area contributed by atoms with Crippen LogP contribution in [0.2, 0.25) is 0 Å². The van der Waals surface area contributed by atoms with E-state index in [1.807, 2.05) is 39.2 Å². The summed E-state index contributed by atoms with van der Waals surface area (Å²) in [6.07, 6.45) is 7.31. The van der Waals surface area contributed by atoms with Gasteiger partial charge in [-0.3, -0.25) is 34.5 Å². The van der Waals surface area contributed by atoms with Crippen molar-refractivity contribution >= 4 is 51.0 Å². The molecule has 13 nitrogen and oxygen atoms in total. The summed E-state index contributed by atoms with van der Waals surface area (Å²) < 4.78 is 7.54. The SMILES string of the molecule is Cc1cc(N2CCCc3nc(-c4ccc(C(=O)NCC#Cc5cc6c(C7CCC(=O)NC7=O)nccc6o5)nc4)ncc32)c2cc(C)c(=O)n(C)c2c1. The number of carbonyl (C=O) groups is 3. The Morgan fingerprint density at radius 1 is 1.00 bits per heavy atom. The Labute approximate surface area is 303 Å².